The number of benzene rings is 1. The minimum Gasteiger partial charge on any atom is -0.459 e. The number of para-hydroxylation sites is 1. The van der Waals surface area contributed by atoms with Gasteiger partial charge in [-0.1, -0.05) is 18.2 Å². The first-order chi connectivity index (χ1) is 13.7. The van der Waals surface area contributed by atoms with E-state index in [9.17, 15) is 9.59 Å². The molecule has 28 heavy (non-hydrogen) atoms. The van der Waals surface area contributed by atoms with E-state index >= 15 is 0 Å². The van der Waals surface area contributed by atoms with Crippen molar-refractivity contribution in [3.63, 3.8) is 0 Å². The van der Waals surface area contributed by atoms with Gasteiger partial charge in [0.25, 0.3) is 5.91 Å². The van der Waals surface area contributed by atoms with Crippen LogP contribution in [0, 0.1) is 0 Å². The smallest absolute Gasteiger partial charge is 0.289 e. The van der Waals surface area contributed by atoms with Crippen molar-refractivity contribution >= 4 is 28.4 Å². The predicted octanol–water partition coefficient (Wildman–Crippen LogP) is 2.61. The van der Waals surface area contributed by atoms with Gasteiger partial charge in [-0.15, -0.1) is 0 Å². The first-order valence-corrected chi connectivity index (χ1v) is 9.40. The molecule has 3 aromatic rings. The summed E-state index contributed by atoms with van der Waals surface area (Å²) in [6, 6.07) is 13.2. The maximum atomic E-state index is 12.5. The second kappa shape index (κ2) is 8.12. The van der Waals surface area contributed by atoms with Crippen LogP contribution in [0.3, 0.4) is 0 Å². The van der Waals surface area contributed by atoms with Crippen LogP contribution in [-0.2, 0) is 4.79 Å². The van der Waals surface area contributed by atoms with Gasteiger partial charge in [0.1, 0.15) is 0 Å². The molecule has 0 spiro atoms. The molecule has 0 bridgehead atoms. The van der Waals surface area contributed by atoms with Crippen molar-refractivity contribution in [2.45, 2.75) is 6.42 Å². The first-order valence-electron chi connectivity index (χ1n) is 9.40. The van der Waals surface area contributed by atoms with E-state index in [0.717, 1.165) is 16.6 Å². The van der Waals surface area contributed by atoms with Gasteiger partial charge in [0.15, 0.2) is 5.76 Å². The van der Waals surface area contributed by atoms with Gasteiger partial charge in [-0.25, -0.2) is 0 Å². The molecule has 1 N–H and O–H groups in total. The molecular formula is C21H22N4O3. The summed E-state index contributed by atoms with van der Waals surface area (Å²) < 4.78 is 5.16. The molecular weight excluding hydrogens is 356 g/mol. The lowest BCUT2D eigenvalue weighted by molar-refractivity contribution is -0.132. The van der Waals surface area contributed by atoms with Gasteiger partial charge < -0.3 is 19.5 Å². The molecule has 1 saturated heterocycles. The number of hydrogen-bond acceptors (Lipinski definition) is 5. The quantitative estimate of drug-likeness (QED) is 0.738. The number of furan rings is 1. The molecule has 2 amide bonds. The molecule has 2 aromatic heterocycles. The van der Waals surface area contributed by atoms with Gasteiger partial charge in [-0.3, -0.25) is 14.6 Å². The van der Waals surface area contributed by atoms with Crippen molar-refractivity contribution in [2.24, 2.45) is 0 Å². The van der Waals surface area contributed by atoms with Gasteiger partial charge in [0, 0.05) is 50.7 Å². The Morgan fingerprint density at radius 1 is 1.00 bits per heavy atom. The van der Waals surface area contributed by atoms with E-state index in [-0.39, 0.29) is 11.8 Å². The Bertz CT molecular complexity index is 957. The summed E-state index contributed by atoms with van der Waals surface area (Å²) >= 11 is 0. The van der Waals surface area contributed by atoms with E-state index in [1.54, 1.807) is 23.2 Å². The number of anilines is 1. The summed E-state index contributed by atoms with van der Waals surface area (Å²) in [4.78, 5) is 32.7. The molecule has 1 fully saturated rings. The van der Waals surface area contributed by atoms with Crippen LogP contribution in [0.5, 0.6) is 0 Å². The minimum absolute atomic E-state index is 0.0887. The van der Waals surface area contributed by atoms with Crippen LogP contribution in [0.1, 0.15) is 17.0 Å². The number of rotatable bonds is 5. The number of piperazine rings is 1. The average Bonchev–Trinajstić information content (AvgIpc) is 3.28. The van der Waals surface area contributed by atoms with Crippen molar-refractivity contribution in [2.75, 3.05) is 38.0 Å². The summed E-state index contributed by atoms with van der Waals surface area (Å²) in [6.45, 7) is 2.67. The van der Waals surface area contributed by atoms with Gasteiger partial charge in [0.05, 0.1) is 17.5 Å². The minimum atomic E-state index is -0.123. The highest BCUT2D eigenvalue weighted by molar-refractivity contribution is 5.92. The lowest BCUT2D eigenvalue weighted by Crippen LogP contribution is -2.50. The molecule has 7 heteroatoms. The standard InChI is InChI=1S/C21H22N4O3/c26-19(8-10-22-17-6-1-4-16-5-2-9-23-20(16)17)24-11-13-25(14-12-24)21(27)18-7-3-15-28-18/h1-7,9,15,22H,8,10-14H2. The molecule has 4 rings (SSSR count). The zero-order valence-corrected chi connectivity index (χ0v) is 15.5. The Hall–Kier alpha value is -3.35. The summed E-state index contributed by atoms with van der Waals surface area (Å²) in [7, 11) is 0. The molecule has 1 aliphatic heterocycles. The number of hydrogen-bond donors (Lipinski definition) is 1. The third-order valence-electron chi connectivity index (χ3n) is 4.94. The van der Waals surface area contributed by atoms with E-state index in [4.69, 9.17) is 4.42 Å². The van der Waals surface area contributed by atoms with E-state index < -0.39 is 0 Å². The molecule has 0 radical (unpaired) electrons. The van der Waals surface area contributed by atoms with Crippen molar-refractivity contribution in [1.29, 1.82) is 0 Å². The van der Waals surface area contributed by atoms with Crippen LogP contribution in [0.4, 0.5) is 5.69 Å². The fraction of sp³-hybridized carbons (Fsp3) is 0.286. The number of aromatic nitrogens is 1. The number of nitrogens with one attached hydrogen (secondary N) is 1. The Balaban J connectivity index is 1.26. The summed E-state index contributed by atoms with van der Waals surface area (Å²) in [5.74, 6) is 0.306. The zero-order valence-electron chi connectivity index (χ0n) is 15.5. The summed E-state index contributed by atoms with van der Waals surface area (Å²) in [5.41, 5.74) is 1.84. The molecule has 0 unspecified atom stereocenters. The number of fused-ring (bicyclic) bond motifs is 1. The summed E-state index contributed by atoms with van der Waals surface area (Å²) in [6.07, 6.45) is 3.66. The molecule has 1 aliphatic rings. The third kappa shape index (κ3) is 3.83. The maximum absolute atomic E-state index is 12.5. The van der Waals surface area contributed by atoms with Crippen LogP contribution >= 0.6 is 0 Å². The largest absolute Gasteiger partial charge is 0.459 e. The zero-order chi connectivity index (χ0) is 19.3. The van der Waals surface area contributed by atoms with Gasteiger partial charge >= 0.3 is 0 Å². The Morgan fingerprint density at radius 2 is 1.79 bits per heavy atom. The molecule has 144 valence electrons. The highest BCUT2D eigenvalue weighted by atomic mass is 16.3. The van der Waals surface area contributed by atoms with Crippen molar-refractivity contribution in [1.82, 2.24) is 14.8 Å². The van der Waals surface area contributed by atoms with E-state index in [0.29, 0.717) is 44.9 Å². The normalized spacial score (nSPS) is 14.3. The van der Waals surface area contributed by atoms with Crippen molar-refractivity contribution in [3.05, 3.63) is 60.7 Å². The number of carbonyl (C=O) groups is 2. The topological polar surface area (TPSA) is 78.7 Å². The second-order valence-corrected chi connectivity index (χ2v) is 6.71. The highest BCUT2D eigenvalue weighted by Crippen LogP contribution is 2.20. The number of nitrogens with zero attached hydrogens (tertiary/aromatic N) is 3. The van der Waals surface area contributed by atoms with E-state index in [1.807, 2.05) is 35.2 Å². The Kier molecular flexibility index (Phi) is 5.23. The predicted molar refractivity (Wildman–Crippen MR) is 106 cm³/mol. The van der Waals surface area contributed by atoms with Crippen molar-refractivity contribution < 1.29 is 14.0 Å². The highest BCUT2D eigenvalue weighted by Gasteiger charge is 2.25. The number of pyridine rings is 1. The molecule has 3 heterocycles. The summed E-state index contributed by atoms with van der Waals surface area (Å²) in [5, 5.41) is 4.38. The Labute approximate surface area is 162 Å². The van der Waals surface area contributed by atoms with Crippen LogP contribution in [-0.4, -0.2) is 59.3 Å². The average molecular weight is 378 g/mol. The fourth-order valence-corrected chi connectivity index (χ4v) is 3.42. The maximum Gasteiger partial charge on any atom is 0.289 e. The van der Waals surface area contributed by atoms with Crippen LogP contribution < -0.4 is 5.32 Å². The van der Waals surface area contributed by atoms with Crippen LogP contribution in [0.2, 0.25) is 0 Å². The van der Waals surface area contributed by atoms with Crippen molar-refractivity contribution in [3.8, 4) is 0 Å². The first kappa shape index (κ1) is 18.0. The number of amides is 2. The lowest BCUT2D eigenvalue weighted by atomic mass is 10.2. The molecule has 7 nitrogen and oxygen atoms in total. The molecule has 0 aliphatic carbocycles. The van der Waals surface area contributed by atoms with Crippen LogP contribution in [0.15, 0.2) is 59.3 Å². The van der Waals surface area contributed by atoms with E-state index in [1.165, 1.54) is 6.26 Å². The third-order valence-corrected chi connectivity index (χ3v) is 4.94. The molecule has 0 saturated carbocycles. The molecule has 1 aromatic carbocycles. The second-order valence-electron chi connectivity index (χ2n) is 6.71. The fourth-order valence-electron chi connectivity index (χ4n) is 3.42. The van der Waals surface area contributed by atoms with Gasteiger partial charge in [-0.2, -0.15) is 0 Å². The monoisotopic (exact) mass is 378 g/mol. The van der Waals surface area contributed by atoms with Crippen LogP contribution in [0.25, 0.3) is 10.9 Å². The SMILES string of the molecule is O=C(CCNc1cccc2cccnc12)N1CCN(C(=O)c2ccco2)CC1. The van der Waals surface area contributed by atoms with Gasteiger partial charge in [-0.05, 0) is 24.3 Å². The Morgan fingerprint density at radius 3 is 2.57 bits per heavy atom. The van der Waals surface area contributed by atoms with Gasteiger partial charge in [0.2, 0.25) is 5.91 Å². The lowest BCUT2D eigenvalue weighted by Gasteiger charge is -2.34. The van der Waals surface area contributed by atoms with E-state index in [2.05, 4.69) is 10.3 Å². The molecule has 0 atom stereocenters. The number of carbonyl (C=O) groups excluding carboxylic acids is 2.